The fourth-order valence-electron chi connectivity index (χ4n) is 1.65. The van der Waals surface area contributed by atoms with Crippen molar-refractivity contribution in [3.8, 4) is 0 Å². The zero-order chi connectivity index (χ0) is 15.6. The van der Waals surface area contributed by atoms with Gasteiger partial charge in [0.1, 0.15) is 0 Å². The predicted octanol–water partition coefficient (Wildman–Crippen LogP) is 4.58. The molecule has 110 valence electrons. The van der Waals surface area contributed by atoms with Crippen LogP contribution in [0.25, 0.3) is 0 Å². The van der Waals surface area contributed by atoms with Crippen molar-refractivity contribution in [2.24, 2.45) is 0 Å². The molecule has 0 radical (unpaired) electrons. The van der Waals surface area contributed by atoms with Crippen molar-refractivity contribution < 1.29 is 4.79 Å². The molecule has 0 spiro atoms. The van der Waals surface area contributed by atoms with Gasteiger partial charge in [0.05, 0.1) is 21.7 Å². The molecule has 0 aliphatic heterocycles. The Morgan fingerprint density at radius 3 is 2.48 bits per heavy atom. The number of amides is 1. The second kappa shape index (κ2) is 6.79. The molecule has 21 heavy (non-hydrogen) atoms. The van der Waals surface area contributed by atoms with Gasteiger partial charge in [-0.2, -0.15) is 0 Å². The fraction of sp³-hybridized carbons (Fsp3) is 0.154. The molecule has 1 amide bonds. The molecule has 0 aliphatic carbocycles. The SMILES string of the molecule is CC(NC(=O)c1cc(Cl)nnc1Cl)c1ccc(Cl)c(Cl)c1. The van der Waals surface area contributed by atoms with Crippen LogP contribution in [0.2, 0.25) is 20.4 Å². The zero-order valence-corrected chi connectivity index (χ0v) is 13.7. The van der Waals surface area contributed by atoms with Crippen LogP contribution in [0.4, 0.5) is 0 Å². The van der Waals surface area contributed by atoms with Gasteiger partial charge in [-0.1, -0.05) is 52.5 Å². The van der Waals surface area contributed by atoms with Gasteiger partial charge in [-0.3, -0.25) is 4.79 Å². The second-order valence-electron chi connectivity index (χ2n) is 4.24. The molecular weight excluding hydrogens is 356 g/mol. The summed E-state index contributed by atoms with van der Waals surface area (Å²) in [5.41, 5.74) is 0.963. The number of hydrogen-bond donors (Lipinski definition) is 1. The summed E-state index contributed by atoms with van der Waals surface area (Å²) in [4.78, 5) is 12.2. The maximum absolute atomic E-state index is 12.2. The summed E-state index contributed by atoms with van der Waals surface area (Å²) < 4.78 is 0. The van der Waals surface area contributed by atoms with E-state index in [0.717, 1.165) is 5.56 Å². The molecule has 0 bridgehead atoms. The van der Waals surface area contributed by atoms with E-state index in [-0.39, 0.29) is 21.9 Å². The van der Waals surface area contributed by atoms with Gasteiger partial charge in [0.15, 0.2) is 10.3 Å². The Morgan fingerprint density at radius 1 is 1.10 bits per heavy atom. The number of carbonyl (C=O) groups excluding carboxylic acids is 1. The van der Waals surface area contributed by atoms with Crippen molar-refractivity contribution in [2.45, 2.75) is 13.0 Å². The van der Waals surface area contributed by atoms with E-state index < -0.39 is 5.91 Å². The number of hydrogen-bond acceptors (Lipinski definition) is 3. The van der Waals surface area contributed by atoms with Crippen molar-refractivity contribution >= 4 is 52.3 Å². The van der Waals surface area contributed by atoms with Gasteiger partial charge in [0, 0.05) is 0 Å². The summed E-state index contributed by atoms with van der Waals surface area (Å²) in [6.45, 7) is 1.81. The molecule has 1 N–H and O–H groups in total. The van der Waals surface area contributed by atoms with E-state index in [1.54, 1.807) is 18.2 Å². The quantitative estimate of drug-likeness (QED) is 0.866. The highest BCUT2D eigenvalue weighted by molar-refractivity contribution is 6.42. The average Bonchev–Trinajstić information content (AvgIpc) is 2.44. The van der Waals surface area contributed by atoms with Gasteiger partial charge in [-0.25, -0.2) is 0 Å². The van der Waals surface area contributed by atoms with Gasteiger partial charge in [-0.15, -0.1) is 10.2 Å². The maximum Gasteiger partial charge on any atom is 0.255 e. The van der Waals surface area contributed by atoms with Gasteiger partial charge >= 0.3 is 0 Å². The molecule has 1 unspecified atom stereocenters. The van der Waals surface area contributed by atoms with Crippen LogP contribution < -0.4 is 5.32 Å². The monoisotopic (exact) mass is 363 g/mol. The zero-order valence-electron chi connectivity index (χ0n) is 10.7. The van der Waals surface area contributed by atoms with Crippen LogP contribution >= 0.6 is 46.4 Å². The first-order valence-electron chi connectivity index (χ1n) is 5.83. The lowest BCUT2D eigenvalue weighted by Gasteiger charge is -2.15. The van der Waals surface area contributed by atoms with Crippen molar-refractivity contribution in [3.63, 3.8) is 0 Å². The molecule has 2 aromatic rings. The molecule has 1 aromatic heterocycles. The van der Waals surface area contributed by atoms with Gasteiger partial charge < -0.3 is 5.32 Å². The van der Waals surface area contributed by atoms with Crippen molar-refractivity contribution in [3.05, 3.63) is 55.7 Å². The Hall–Kier alpha value is -1.07. The minimum atomic E-state index is -0.407. The smallest absolute Gasteiger partial charge is 0.255 e. The first kappa shape index (κ1) is 16.3. The highest BCUT2D eigenvalue weighted by Gasteiger charge is 2.16. The number of halogens is 4. The van der Waals surface area contributed by atoms with Crippen LogP contribution in [0.15, 0.2) is 24.3 Å². The molecule has 4 nitrogen and oxygen atoms in total. The van der Waals surface area contributed by atoms with Crippen LogP contribution in [-0.4, -0.2) is 16.1 Å². The highest BCUT2D eigenvalue weighted by Crippen LogP contribution is 2.26. The van der Waals surface area contributed by atoms with Crippen LogP contribution in [0.1, 0.15) is 28.9 Å². The van der Waals surface area contributed by atoms with E-state index in [2.05, 4.69) is 15.5 Å². The van der Waals surface area contributed by atoms with Crippen LogP contribution in [-0.2, 0) is 0 Å². The molecule has 0 saturated carbocycles. The molecule has 0 saturated heterocycles. The predicted molar refractivity (Wildman–Crippen MR) is 84.4 cm³/mol. The first-order valence-corrected chi connectivity index (χ1v) is 7.34. The molecule has 0 aliphatic rings. The highest BCUT2D eigenvalue weighted by atomic mass is 35.5. The number of nitrogens with one attached hydrogen (secondary N) is 1. The second-order valence-corrected chi connectivity index (χ2v) is 5.80. The number of aromatic nitrogens is 2. The number of nitrogens with zero attached hydrogens (tertiary/aromatic N) is 2. The van der Waals surface area contributed by atoms with Crippen molar-refractivity contribution in [2.75, 3.05) is 0 Å². The summed E-state index contributed by atoms with van der Waals surface area (Å²) in [5.74, 6) is -0.407. The lowest BCUT2D eigenvalue weighted by atomic mass is 10.1. The molecule has 1 heterocycles. The molecular formula is C13H9Cl4N3O. The Labute approximate surface area is 141 Å². The van der Waals surface area contributed by atoms with E-state index in [1.165, 1.54) is 6.07 Å². The van der Waals surface area contributed by atoms with E-state index in [1.807, 2.05) is 6.92 Å². The lowest BCUT2D eigenvalue weighted by Crippen LogP contribution is -2.27. The van der Waals surface area contributed by atoms with Gasteiger partial charge in [0.2, 0.25) is 0 Å². The Bertz CT molecular complexity index is 693. The van der Waals surface area contributed by atoms with E-state index >= 15 is 0 Å². The third-order valence-corrected chi connectivity index (χ3v) is 3.96. The molecule has 1 atom stereocenters. The van der Waals surface area contributed by atoms with Gasteiger partial charge in [0.25, 0.3) is 5.91 Å². The van der Waals surface area contributed by atoms with Crippen molar-refractivity contribution in [1.29, 1.82) is 0 Å². The summed E-state index contributed by atoms with van der Waals surface area (Å²) in [6, 6.07) is 6.19. The minimum Gasteiger partial charge on any atom is -0.345 e. The Balaban J connectivity index is 2.18. The standard InChI is InChI=1S/C13H9Cl4N3O/c1-6(7-2-3-9(14)10(15)4-7)18-13(21)8-5-11(16)19-20-12(8)17/h2-6H,1H3,(H,18,21). The summed E-state index contributed by atoms with van der Waals surface area (Å²) in [6.07, 6.45) is 0. The minimum absolute atomic E-state index is 0.0155. The van der Waals surface area contributed by atoms with Gasteiger partial charge in [-0.05, 0) is 30.7 Å². The van der Waals surface area contributed by atoms with Crippen LogP contribution in [0.3, 0.4) is 0 Å². The van der Waals surface area contributed by atoms with E-state index in [4.69, 9.17) is 46.4 Å². The number of benzene rings is 1. The molecule has 2 rings (SSSR count). The maximum atomic E-state index is 12.2. The lowest BCUT2D eigenvalue weighted by molar-refractivity contribution is 0.0939. The topological polar surface area (TPSA) is 54.9 Å². The normalized spacial score (nSPS) is 12.0. The average molecular weight is 365 g/mol. The summed E-state index contributed by atoms with van der Waals surface area (Å²) >= 11 is 23.4. The van der Waals surface area contributed by atoms with E-state index in [0.29, 0.717) is 10.0 Å². The molecule has 0 fully saturated rings. The Morgan fingerprint density at radius 2 is 1.81 bits per heavy atom. The largest absolute Gasteiger partial charge is 0.345 e. The first-order chi connectivity index (χ1) is 9.88. The number of rotatable bonds is 3. The Kier molecular flexibility index (Phi) is 5.27. The van der Waals surface area contributed by atoms with Crippen LogP contribution in [0.5, 0.6) is 0 Å². The third-order valence-electron chi connectivity index (χ3n) is 2.75. The van der Waals surface area contributed by atoms with Crippen molar-refractivity contribution in [1.82, 2.24) is 15.5 Å². The fourth-order valence-corrected chi connectivity index (χ4v) is 2.28. The summed E-state index contributed by atoms with van der Waals surface area (Å²) in [7, 11) is 0. The summed E-state index contributed by atoms with van der Waals surface area (Å²) in [5, 5.41) is 10.9. The van der Waals surface area contributed by atoms with Crippen LogP contribution in [0, 0.1) is 0 Å². The molecule has 8 heteroatoms. The third kappa shape index (κ3) is 3.98. The number of carbonyl (C=O) groups is 1. The molecule has 1 aromatic carbocycles. The van der Waals surface area contributed by atoms with E-state index in [9.17, 15) is 4.79 Å².